The number of nitrogens with one attached hydrogen (secondary N) is 1. The summed E-state index contributed by atoms with van der Waals surface area (Å²) in [5.41, 5.74) is 8.26. The molecule has 88 valence electrons. The van der Waals surface area contributed by atoms with Gasteiger partial charge in [0.25, 0.3) is 5.91 Å². The quantitative estimate of drug-likeness (QED) is 0.776. The van der Waals surface area contributed by atoms with Crippen molar-refractivity contribution in [2.45, 2.75) is 13.8 Å². The zero-order valence-corrected chi connectivity index (χ0v) is 9.65. The monoisotopic (exact) mass is 231 g/mol. The molecule has 1 heterocycles. The van der Waals surface area contributed by atoms with Crippen LogP contribution in [0.3, 0.4) is 0 Å². The summed E-state index contributed by atoms with van der Waals surface area (Å²) < 4.78 is 5.05. The molecule has 1 aromatic carbocycles. The second-order valence-corrected chi connectivity index (χ2v) is 3.82. The average Bonchev–Trinajstić information content (AvgIpc) is 2.67. The highest BCUT2D eigenvalue weighted by molar-refractivity contribution is 6.04. The van der Waals surface area contributed by atoms with Gasteiger partial charge in [-0.1, -0.05) is 6.07 Å². The average molecular weight is 231 g/mol. The Morgan fingerprint density at radius 1 is 1.41 bits per heavy atom. The van der Waals surface area contributed by atoms with Crippen LogP contribution in [0.1, 0.15) is 21.6 Å². The first kappa shape index (κ1) is 11.2. The summed E-state index contributed by atoms with van der Waals surface area (Å²) in [6, 6.07) is 5.36. The van der Waals surface area contributed by atoms with Gasteiger partial charge in [0.05, 0.1) is 5.69 Å². The molecule has 0 bridgehead atoms. The predicted molar refractivity (Wildman–Crippen MR) is 64.8 cm³/mol. The highest BCUT2D eigenvalue weighted by Gasteiger charge is 2.12. The molecule has 5 nitrogen and oxygen atoms in total. The number of aryl methyl sites for hydroxylation is 2. The van der Waals surface area contributed by atoms with E-state index in [1.165, 1.54) is 6.26 Å². The number of oxazole rings is 1. The fraction of sp³-hybridized carbons (Fsp3) is 0.167. The molecule has 17 heavy (non-hydrogen) atoms. The lowest BCUT2D eigenvalue weighted by Crippen LogP contribution is -2.14. The maximum Gasteiger partial charge on any atom is 0.301 e. The first-order chi connectivity index (χ1) is 8.06. The molecule has 2 rings (SSSR count). The Hall–Kier alpha value is -2.30. The molecule has 0 aliphatic carbocycles. The van der Waals surface area contributed by atoms with Crippen molar-refractivity contribution >= 4 is 17.6 Å². The van der Waals surface area contributed by atoms with E-state index in [0.29, 0.717) is 16.9 Å². The van der Waals surface area contributed by atoms with Gasteiger partial charge in [-0.25, -0.2) is 0 Å². The van der Waals surface area contributed by atoms with Gasteiger partial charge in [-0.15, -0.1) is 0 Å². The van der Waals surface area contributed by atoms with E-state index in [1.807, 2.05) is 6.92 Å². The predicted octanol–water partition coefficient (Wildman–Crippen LogP) is 2.13. The first-order valence-electron chi connectivity index (χ1n) is 5.16. The highest BCUT2D eigenvalue weighted by atomic mass is 16.4. The van der Waals surface area contributed by atoms with Crippen molar-refractivity contribution in [2.75, 3.05) is 11.1 Å². The van der Waals surface area contributed by atoms with E-state index in [4.69, 9.17) is 10.2 Å². The van der Waals surface area contributed by atoms with E-state index in [0.717, 1.165) is 5.56 Å². The lowest BCUT2D eigenvalue weighted by atomic mass is 10.1. The number of nitrogens with two attached hydrogens (primary N) is 1. The first-order valence-corrected chi connectivity index (χ1v) is 5.16. The van der Waals surface area contributed by atoms with Crippen LogP contribution in [0.4, 0.5) is 11.7 Å². The number of nitrogens with zero attached hydrogens (tertiary/aromatic N) is 1. The van der Waals surface area contributed by atoms with E-state index in [-0.39, 0.29) is 11.9 Å². The molecule has 1 amide bonds. The van der Waals surface area contributed by atoms with Crippen LogP contribution in [0.5, 0.6) is 0 Å². The molecule has 0 fully saturated rings. The zero-order chi connectivity index (χ0) is 12.4. The molecule has 0 aliphatic heterocycles. The number of rotatable bonds is 2. The Kier molecular flexibility index (Phi) is 2.82. The molecule has 0 spiro atoms. The minimum Gasteiger partial charge on any atom is -0.432 e. The molecule has 1 aromatic heterocycles. The fourth-order valence-corrected chi connectivity index (χ4v) is 1.46. The van der Waals surface area contributed by atoms with Gasteiger partial charge >= 0.3 is 6.01 Å². The third-order valence-corrected chi connectivity index (χ3v) is 2.35. The van der Waals surface area contributed by atoms with Crippen molar-refractivity contribution in [1.29, 1.82) is 0 Å². The number of carbonyl (C=O) groups excluding carboxylic acids is 1. The Labute approximate surface area is 98.6 Å². The normalized spacial score (nSPS) is 10.2. The van der Waals surface area contributed by atoms with Crippen molar-refractivity contribution in [1.82, 2.24) is 4.98 Å². The van der Waals surface area contributed by atoms with Crippen molar-refractivity contribution in [2.24, 2.45) is 0 Å². The second kappa shape index (κ2) is 4.29. The van der Waals surface area contributed by atoms with Crippen LogP contribution in [0.15, 0.2) is 28.9 Å². The van der Waals surface area contributed by atoms with Crippen molar-refractivity contribution in [3.8, 4) is 0 Å². The van der Waals surface area contributed by atoms with Gasteiger partial charge < -0.3 is 10.2 Å². The Morgan fingerprint density at radius 3 is 2.82 bits per heavy atom. The van der Waals surface area contributed by atoms with E-state index < -0.39 is 0 Å². The molecule has 0 saturated carbocycles. The number of aromatic nitrogens is 1. The Bertz CT molecular complexity index is 561. The summed E-state index contributed by atoms with van der Waals surface area (Å²) in [4.78, 5) is 15.9. The molecule has 0 unspecified atom stereocenters. The lowest BCUT2D eigenvalue weighted by Gasteiger charge is -2.05. The van der Waals surface area contributed by atoms with E-state index >= 15 is 0 Å². The van der Waals surface area contributed by atoms with Gasteiger partial charge in [-0.2, -0.15) is 4.98 Å². The summed E-state index contributed by atoms with van der Waals surface area (Å²) in [6.07, 6.45) is 1.47. The second-order valence-electron chi connectivity index (χ2n) is 3.82. The van der Waals surface area contributed by atoms with Gasteiger partial charge in [0.15, 0.2) is 0 Å². The molecule has 2 aromatic rings. The molecule has 5 heteroatoms. The van der Waals surface area contributed by atoms with Crippen LogP contribution in [-0.2, 0) is 0 Å². The zero-order valence-electron chi connectivity index (χ0n) is 9.65. The molecule has 0 saturated heterocycles. The lowest BCUT2D eigenvalue weighted by molar-refractivity contribution is 0.102. The summed E-state index contributed by atoms with van der Waals surface area (Å²) >= 11 is 0. The maximum atomic E-state index is 11.9. The van der Waals surface area contributed by atoms with Crippen LogP contribution in [0.25, 0.3) is 0 Å². The summed E-state index contributed by atoms with van der Waals surface area (Å²) in [5.74, 6) is -0.281. The number of hydrogen-bond donors (Lipinski definition) is 2. The van der Waals surface area contributed by atoms with Gasteiger partial charge in [0, 0.05) is 11.3 Å². The number of nitrogen functional groups attached to an aromatic ring is 1. The minimum absolute atomic E-state index is 0.189. The van der Waals surface area contributed by atoms with Crippen molar-refractivity contribution in [3.63, 3.8) is 0 Å². The summed E-state index contributed by atoms with van der Waals surface area (Å²) in [5, 5.41) is 2.57. The summed E-state index contributed by atoms with van der Waals surface area (Å²) in [7, 11) is 0. The standard InChI is InChI=1S/C12H13N3O2/c1-7-3-4-9(13)5-10(7)11(16)15-12-14-8(2)6-17-12/h3-6H,13H2,1-2H3,(H,14,15,16). The van der Waals surface area contributed by atoms with Crippen molar-refractivity contribution < 1.29 is 9.21 Å². The van der Waals surface area contributed by atoms with Crippen molar-refractivity contribution in [3.05, 3.63) is 41.3 Å². The topological polar surface area (TPSA) is 81.2 Å². The van der Waals surface area contributed by atoms with E-state index in [9.17, 15) is 4.79 Å². The van der Waals surface area contributed by atoms with Gasteiger partial charge in [-0.3, -0.25) is 10.1 Å². The number of amides is 1. The van der Waals surface area contributed by atoms with Crippen LogP contribution in [-0.4, -0.2) is 10.9 Å². The Morgan fingerprint density at radius 2 is 2.18 bits per heavy atom. The van der Waals surface area contributed by atoms with Crippen LogP contribution < -0.4 is 11.1 Å². The van der Waals surface area contributed by atoms with Gasteiger partial charge in [0.1, 0.15) is 6.26 Å². The molecular formula is C12H13N3O2. The third-order valence-electron chi connectivity index (χ3n) is 2.35. The maximum absolute atomic E-state index is 11.9. The molecule has 0 radical (unpaired) electrons. The Balaban J connectivity index is 2.22. The van der Waals surface area contributed by atoms with E-state index in [2.05, 4.69) is 10.3 Å². The molecule has 0 atom stereocenters. The van der Waals surface area contributed by atoms with E-state index in [1.54, 1.807) is 25.1 Å². The number of carbonyl (C=O) groups is 1. The molecular weight excluding hydrogens is 218 g/mol. The molecule has 0 aliphatic rings. The molecule has 3 N–H and O–H groups in total. The van der Waals surface area contributed by atoms with Crippen LogP contribution in [0, 0.1) is 13.8 Å². The summed E-state index contributed by atoms with van der Waals surface area (Å²) in [6.45, 7) is 3.63. The number of benzene rings is 1. The third kappa shape index (κ3) is 2.44. The number of hydrogen-bond acceptors (Lipinski definition) is 4. The highest BCUT2D eigenvalue weighted by Crippen LogP contribution is 2.15. The van der Waals surface area contributed by atoms with Gasteiger partial charge in [-0.05, 0) is 31.5 Å². The van der Waals surface area contributed by atoms with Crippen LogP contribution in [0.2, 0.25) is 0 Å². The van der Waals surface area contributed by atoms with Gasteiger partial charge in [0.2, 0.25) is 0 Å². The minimum atomic E-state index is -0.281. The SMILES string of the molecule is Cc1coc(NC(=O)c2cc(N)ccc2C)n1. The van der Waals surface area contributed by atoms with Crippen LogP contribution >= 0.6 is 0 Å². The largest absolute Gasteiger partial charge is 0.432 e. The fourth-order valence-electron chi connectivity index (χ4n) is 1.46. The number of anilines is 2. The smallest absolute Gasteiger partial charge is 0.301 e.